The van der Waals surface area contributed by atoms with Crippen LogP contribution in [0.15, 0.2) is 58.1 Å². The number of nitrogens with zero attached hydrogens (tertiary/aromatic N) is 1. The van der Waals surface area contributed by atoms with Crippen LogP contribution in [-0.4, -0.2) is 18.0 Å². The number of rotatable bonds is 3. The van der Waals surface area contributed by atoms with Crippen molar-refractivity contribution in [2.45, 2.75) is 6.18 Å². The van der Waals surface area contributed by atoms with E-state index in [-0.39, 0.29) is 5.56 Å². The van der Waals surface area contributed by atoms with E-state index in [2.05, 4.69) is 26.3 Å². The highest BCUT2D eigenvalue weighted by Gasteiger charge is 2.32. The number of hydrazone groups is 1. The summed E-state index contributed by atoms with van der Waals surface area (Å²) in [7, 11) is 0. The number of carbonyl (C=O) groups is 2. The molecule has 0 fully saturated rings. The summed E-state index contributed by atoms with van der Waals surface area (Å²) in [6.45, 7) is 0. The smallest absolute Gasteiger partial charge is 0.318 e. The molecule has 5 nitrogen and oxygen atoms in total. The average Bonchev–Trinajstić information content (AvgIpc) is 2.54. The van der Waals surface area contributed by atoms with Crippen LogP contribution >= 0.6 is 15.9 Å². The molecule has 0 saturated heterocycles. The second kappa shape index (κ2) is 7.93. The molecule has 0 bridgehead atoms. The third-order valence-electron chi connectivity index (χ3n) is 2.92. The van der Waals surface area contributed by atoms with Crippen molar-refractivity contribution in [2.75, 3.05) is 5.32 Å². The van der Waals surface area contributed by atoms with Gasteiger partial charge in [0.1, 0.15) is 0 Å². The SMILES string of the molecule is O=C(N/N=C\c1ccccc1C(F)(F)F)C(=O)Nc1cccc(Br)c1. The average molecular weight is 414 g/mol. The predicted molar refractivity (Wildman–Crippen MR) is 90.0 cm³/mol. The van der Waals surface area contributed by atoms with E-state index >= 15 is 0 Å². The summed E-state index contributed by atoms with van der Waals surface area (Å²) in [6.07, 6.45) is -3.72. The van der Waals surface area contributed by atoms with Crippen molar-refractivity contribution in [3.05, 3.63) is 64.1 Å². The molecule has 2 rings (SSSR count). The molecule has 0 heterocycles. The molecular formula is C16H11BrF3N3O2. The van der Waals surface area contributed by atoms with Crippen LogP contribution in [0.2, 0.25) is 0 Å². The van der Waals surface area contributed by atoms with Crippen LogP contribution in [0, 0.1) is 0 Å². The highest BCUT2D eigenvalue weighted by Crippen LogP contribution is 2.31. The Bertz CT molecular complexity index is 822. The first-order valence-electron chi connectivity index (χ1n) is 6.83. The Kier molecular flexibility index (Phi) is 5.92. The zero-order valence-electron chi connectivity index (χ0n) is 12.5. The molecule has 0 saturated carbocycles. The summed E-state index contributed by atoms with van der Waals surface area (Å²) in [5, 5.41) is 5.73. The van der Waals surface area contributed by atoms with Crippen LogP contribution < -0.4 is 10.7 Å². The maximum atomic E-state index is 12.8. The van der Waals surface area contributed by atoms with Crippen LogP contribution in [-0.2, 0) is 15.8 Å². The summed E-state index contributed by atoms with van der Waals surface area (Å²) in [5.41, 5.74) is 1.13. The molecule has 2 aromatic carbocycles. The minimum Gasteiger partial charge on any atom is -0.318 e. The molecule has 0 unspecified atom stereocenters. The van der Waals surface area contributed by atoms with Crippen molar-refractivity contribution >= 4 is 39.6 Å². The van der Waals surface area contributed by atoms with Gasteiger partial charge in [-0.3, -0.25) is 9.59 Å². The second-order valence-corrected chi connectivity index (χ2v) is 5.66. The molecule has 130 valence electrons. The van der Waals surface area contributed by atoms with Crippen molar-refractivity contribution in [1.29, 1.82) is 0 Å². The third kappa shape index (κ3) is 5.42. The number of benzene rings is 2. The van der Waals surface area contributed by atoms with Crippen molar-refractivity contribution < 1.29 is 22.8 Å². The van der Waals surface area contributed by atoms with Gasteiger partial charge in [0.15, 0.2) is 0 Å². The maximum absolute atomic E-state index is 12.8. The van der Waals surface area contributed by atoms with Gasteiger partial charge in [-0.2, -0.15) is 18.3 Å². The number of carbonyl (C=O) groups excluding carboxylic acids is 2. The first-order chi connectivity index (χ1) is 11.8. The Morgan fingerprint density at radius 3 is 2.44 bits per heavy atom. The third-order valence-corrected chi connectivity index (χ3v) is 3.42. The van der Waals surface area contributed by atoms with E-state index in [1.165, 1.54) is 18.2 Å². The fourth-order valence-corrected chi connectivity index (χ4v) is 2.23. The maximum Gasteiger partial charge on any atom is 0.417 e. The van der Waals surface area contributed by atoms with E-state index in [1.54, 1.807) is 24.3 Å². The first kappa shape index (κ1) is 18.7. The van der Waals surface area contributed by atoms with Gasteiger partial charge in [-0.1, -0.05) is 40.2 Å². The van der Waals surface area contributed by atoms with Crippen LogP contribution in [0.4, 0.5) is 18.9 Å². The molecule has 9 heteroatoms. The lowest BCUT2D eigenvalue weighted by Gasteiger charge is -2.09. The minimum absolute atomic E-state index is 0.234. The molecular weight excluding hydrogens is 403 g/mol. The monoisotopic (exact) mass is 413 g/mol. The number of anilines is 1. The molecule has 0 aliphatic carbocycles. The summed E-state index contributed by atoms with van der Waals surface area (Å²) in [6, 6.07) is 11.3. The van der Waals surface area contributed by atoms with E-state index < -0.39 is 23.6 Å². The van der Waals surface area contributed by atoms with Gasteiger partial charge in [0.2, 0.25) is 0 Å². The molecule has 2 N–H and O–H groups in total. The Morgan fingerprint density at radius 1 is 1.04 bits per heavy atom. The zero-order valence-corrected chi connectivity index (χ0v) is 14.1. The lowest BCUT2D eigenvalue weighted by atomic mass is 10.1. The Labute approximate surface area is 149 Å². The Hall–Kier alpha value is -2.68. The quantitative estimate of drug-likeness (QED) is 0.458. The van der Waals surface area contributed by atoms with Gasteiger partial charge >= 0.3 is 18.0 Å². The Morgan fingerprint density at radius 2 is 1.76 bits per heavy atom. The molecule has 0 aliphatic rings. The molecule has 2 amide bonds. The Balaban J connectivity index is 2.00. The summed E-state index contributed by atoms with van der Waals surface area (Å²) < 4.78 is 39.2. The second-order valence-electron chi connectivity index (χ2n) is 4.75. The van der Waals surface area contributed by atoms with E-state index in [0.717, 1.165) is 12.3 Å². The molecule has 0 aliphatic heterocycles. The van der Waals surface area contributed by atoms with E-state index in [1.807, 2.05) is 5.43 Å². The summed E-state index contributed by atoms with van der Waals surface area (Å²) >= 11 is 3.21. The fraction of sp³-hybridized carbons (Fsp3) is 0.0625. The van der Waals surface area contributed by atoms with Crippen LogP contribution in [0.3, 0.4) is 0 Å². The molecule has 25 heavy (non-hydrogen) atoms. The molecule has 2 aromatic rings. The van der Waals surface area contributed by atoms with Gasteiger partial charge in [0.25, 0.3) is 0 Å². The topological polar surface area (TPSA) is 70.6 Å². The van der Waals surface area contributed by atoms with Gasteiger partial charge in [-0.25, -0.2) is 5.43 Å². The van der Waals surface area contributed by atoms with E-state index in [0.29, 0.717) is 10.2 Å². The number of hydrogen-bond donors (Lipinski definition) is 2. The number of nitrogens with one attached hydrogen (secondary N) is 2. The zero-order chi connectivity index (χ0) is 18.4. The lowest BCUT2D eigenvalue weighted by Crippen LogP contribution is -2.32. The summed E-state index contributed by atoms with van der Waals surface area (Å²) in [5.74, 6) is -2.11. The van der Waals surface area contributed by atoms with Crippen molar-refractivity contribution in [3.8, 4) is 0 Å². The number of halogens is 4. The van der Waals surface area contributed by atoms with E-state index in [4.69, 9.17) is 0 Å². The summed E-state index contributed by atoms with van der Waals surface area (Å²) in [4.78, 5) is 23.3. The number of amides is 2. The molecule has 0 spiro atoms. The minimum atomic E-state index is -4.55. The first-order valence-corrected chi connectivity index (χ1v) is 7.63. The largest absolute Gasteiger partial charge is 0.417 e. The highest BCUT2D eigenvalue weighted by atomic mass is 79.9. The fourth-order valence-electron chi connectivity index (χ4n) is 1.83. The molecule has 0 aromatic heterocycles. The van der Waals surface area contributed by atoms with Crippen LogP contribution in [0.1, 0.15) is 11.1 Å². The van der Waals surface area contributed by atoms with Gasteiger partial charge in [-0.15, -0.1) is 0 Å². The van der Waals surface area contributed by atoms with Crippen LogP contribution in [0.5, 0.6) is 0 Å². The molecule has 0 radical (unpaired) electrons. The predicted octanol–water partition coefficient (Wildman–Crippen LogP) is 3.56. The van der Waals surface area contributed by atoms with Crippen molar-refractivity contribution in [2.24, 2.45) is 5.10 Å². The van der Waals surface area contributed by atoms with Crippen molar-refractivity contribution in [3.63, 3.8) is 0 Å². The van der Waals surface area contributed by atoms with Crippen molar-refractivity contribution in [1.82, 2.24) is 5.43 Å². The standard InChI is InChI=1S/C16H11BrF3N3O2/c17-11-5-3-6-12(8-11)22-14(24)15(25)23-21-9-10-4-1-2-7-13(10)16(18,19)20/h1-9H,(H,22,24)(H,23,25)/b21-9-. The highest BCUT2D eigenvalue weighted by molar-refractivity contribution is 9.10. The molecule has 0 atom stereocenters. The van der Waals surface area contributed by atoms with Gasteiger partial charge in [0, 0.05) is 15.7 Å². The number of alkyl halides is 3. The normalized spacial score (nSPS) is 11.4. The van der Waals surface area contributed by atoms with Crippen LogP contribution in [0.25, 0.3) is 0 Å². The van der Waals surface area contributed by atoms with Gasteiger partial charge in [0.05, 0.1) is 11.8 Å². The van der Waals surface area contributed by atoms with Gasteiger partial charge in [-0.05, 0) is 24.3 Å². The van der Waals surface area contributed by atoms with E-state index in [9.17, 15) is 22.8 Å². The lowest BCUT2D eigenvalue weighted by molar-refractivity contribution is -0.137. The number of hydrogen-bond acceptors (Lipinski definition) is 3. The van der Waals surface area contributed by atoms with Gasteiger partial charge < -0.3 is 5.32 Å².